The summed E-state index contributed by atoms with van der Waals surface area (Å²) in [6.07, 6.45) is 7.85. The first-order chi connectivity index (χ1) is 12.8. The van der Waals surface area contributed by atoms with Crippen molar-refractivity contribution in [3.63, 3.8) is 0 Å². The minimum absolute atomic E-state index is 0.763. The van der Waals surface area contributed by atoms with E-state index in [2.05, 4.69) is 29.3 Å². The zero-order valence-corrected chi connectivity index (χ0v) is 15.5. The topological polar surface area (TPSA) is 50.1 Å². The molecule has 3 heterocycles. The Bertz CT molecular complexity index is 842. The molecule has 26 heavy (non-hydrogen) atoms. The summed E-state index contributed by atoms with van der Waals surface area (Å²) in [7, 11) is 0. The largest absolute Gasteiger partial charge is 0.338 e. The fourth-order valence-corrected chi connectivity index (χ4v) is 3.62. The number of imidazole rings is 1. The molecule has 1 aliphatic heterocycles. The molecule has 0 spiro atoms. The molecule has 1 saturated heterocycles. The second-order valence-corrected chi connectivity index (χ2v) is 7.09. The minimum atomic E-state index is 0.763. The summed E-state index contributed by atoms with van der Waals surface area (Å²) in [5.74, 6) is 0.845. The molecule has 0 radical (unpaired) electrons. The third-order valence-corrected chi connectivity index (χ3v) is 5.15. The average Bonchev–Trinajstić information content (AvgIpc) is 3.08. The van der Waals surface area contributed by atoms with Gasteiger partial charge in [0.15, 0.2) is 0 Å². The maximum atomic E-state index is 6.11. The number of aryl methyl sites for hydroxylation is 1. The number of unbranched alkanes of at least 4 members (excludes halogenated alkanes) is 1. The molecule has 7 heteroatoms. The molecule has 1 aliphatic rings. The van der Waals surface area contributed by atoms with E-state index in [1.165, 1.54) is 6.42 Å². The van der Waals surface area contributed by atoms with E-state index >= 15 is 0 Å². The van der Waals surface area contributed by atoms with Crippen molar-refractivity contribution in [1.82, 2.24) is 24.4 Å². The molecule has 0 atom stereocenters. The number of hydrogen-bond donors (Lipinski definition) is 0. The predicted molar refractivity (Wildman–Crippen MR) is 105 cm³/mol. The number of aromatic nitrogens is 4. The van der Waals surface area contributed by atoms with Crippen LogP contribution in [0.5, 0.6) is 0 Å². The molecule has 0 N–H and O–H groups in total. The summed E-state index contributed by atoms with van der Waals surface area (Å²) < 4.78 is 2.20. The Balaban J connectivity index is 1.21. The number of piperazine rings is 1. The lowest BCUT2D eigenvalue weighted by Crippen LogP contribution is -2.47. The fraction of sp³-hybridized carbons (Fsp3) is 0.421. The van der Waals surface area contributed by atoms with E-state index in [0.29, 0.717) is 0 Å². The van der Waals surface area contributed by atoms with Crippen molar-refractivity contribution in [1.29, 1.82) is 0 Å². The van der Waals surface area contributed by atoms with Gasteiger partial charge in [-0.05, 0) is 43.7 Å². The van der Waals surface area contributed by atoms with Crippen molar-refractivity contribution in [3.05, 3.63) is 48.0 Å². The standard InChI is InChI=1S/C19H23ClN6/c20-16-4-5-17-18(14-16)26(15-23-17)9-2-1-8-24-10-12-25(13-11-24)19-21-6-3-7-22-19/h3-7,14-15H,1-2,8-13H2. The van der Waals surface area contributed by atoms with Crippen LogP contribution in [0.2, 0.25) is 5.02 Å². The van der Waals surface area contributed by atoms with Crippen molar-refractivity contribution in [3.8, 4) is 0 Å². The summed E-state index contributed by atoms with van der Waals surface area (Å²) in [6.45, 7) is 6.25. The van der Waals surface area contributed by atoms with Gasteiger partial charge in [0.05, 0.1) is 17.4 Å². The predicted octanol–water partition coefficient (Wildman–Crippen LogP) is 3.08. The second-order valence-electron chi connectivity index (χ2n) is 6.66. The highest BCUT2D eigenvalue weighted by atomic mass is 35.5. The maximum absolute atomic E-state index is 6.11. The lowest BCUT2D eigenvalue weighted by Gasteiger charge is -2.34. The van der Waals surface area contributed by atoms with Gasteiger partial charge >= 0.3 is 0 Å². The van der Waals surface area contributed by atoms with E-state index in [0.717, 1.165) is 67.7 Å². The Morgan fingerprint density at radius 2 is 1.69 bits per heavy atom. The molecule has 0 unspecified atom stereocenters. The summed E-state index contributed by atoms with van der Waals surface area (Å²) >= 11 is 6.11. The number of rotatable bonds is 6. The molecule has 1 aromatic carbocycles. The highest BCUT2D eigenvalue weighted by molar-refractivity contribution is 6.31. The van der Waals surface area contributed by atoms with E-state index in [1.807, 2.05) is 43.0 Å². The van der Waals surface area contributed by atoms with Gasteiger partial charge in [-0.25, -0.2) is 15.0 Å². The summed E-state index contributed by atoms with van der Waals surface area (Å²) in [6, 6.07) is 7.72. The van der Waals surface area contributed by atoms with Crippen molar-refractivity contribution in [2.45, 2.75) is 19.4 Å². The van der Waals surface area contributed by atoms with Gasteiger partial charge in [-0.1, -0.05) is 11.6 Å². The molecular weight excluding hydrogens is 348 g/mol. The highest BCUT2D eigenvalue weighted by Gasteiger charge is 2.18. The van der Waals surface area contributed by atoms with Crippen LogP contribution in [0.4, 0.5) is 5.95 Å². The minimum Gasteiger partial charge on any atom is -0.338 e. The maximum Gasteiger partial charge on any atom is 0.225 e. The van der Waals surface area contributed by atoms with Crippen LogP contribution in [0.15, 0.2) is 43.0 Å². The molecule has 1 fully saturated rings. The van der Waals surface area contributed by atoms with Crippen molar-refractivity contribution in [2.24, 2.45) is 0 Å². The normalized spacial score (nSPS) is 15.7. The zero-order valence-electron chi connectivity index (χ0n) is 14.8. The molecule has 0 aliphatic carbocycles. The van der Waals surface area contributed by atoms with E-state index in [4.69, 9.17) is 11.6 Å². The van der Waals surface area contributed by atoms with Gasteiger partial charge in [0.2, 0.25) is 5.95 Å². The smallest absolute Gasteiger partial charge is 0.225 e. The van der Waals surface area contributed by atoms with Gasteiger partial charge in [-0.15, -0.1) is 0 Å². The van der Waals surface area contributed by atoms with Crippen molar-refractivity contribution >= 4 is 28.6 Å². The van der Waals surface area contributed by atoms with Crippen LogP contribution in [-0.4, -0.2) is 57.1 Å². The van der Waals surface area contributed by atoms with Crippen LogP contribution >= 0.6 is 11.6 Å². The number of hydrogen-bond acceptors (Lipinski definition) is 5. The number of benzene rings is 1. The van der Waals surface area contributed by atoms with E-state index in [9.17, 15) is 0 Å². The highest BCUT2D eigenvalue weighted by Crippen LogP contribution is 2.19. The Labute approximate surface area is 158 Å². The number of nitrogens with zero attached hydrogens (tertiary/aromatic N) is 6. The average molecular weight is 371 g/mol. The van der Waals surface area contributed by atoms with Crippen LogP contribution in [-0.2, 0) is 6.54 Å². The number of anilines is 1. The van der Waals surface area contributed by atoms with Crippen LogP contribution in [0.25, 0.3) is 11.0 Å². The van der Waals surface area contributed by atoms with Crippen LogP contribution in [0, 0.1) is 0 Å². The van der Waals surface area contributed by atoms with Gasteiger partial charge < -0.3 is 9.47 Å². The fourth-order valence-electron chi connectivity index (χ4n) is 3.45. The first kappa shape index (κ1) is 17.2. The van der Waals surface area contributed by atoms with Crippen LogP contribution in [0.3, 0.4) is 0 Å². The third-order valence-electron chi connectivity index (χ3n) is 4.91. The molecule has 6 nitrogen and oxygen atoms in total. The van der Waals surface area contributed by atoms with Crippen molar-refractivity contribution in [2.75, 3.05) is 37.6 Å². The monoisotopic (exact) mass is 370 g/mol. The molecule has 0 bridgehead atoms. The van der Waals surface area contributed by atoms with Gasteiger partial charge in [-0.2, -0.15) is 0 Å². The number of halogens is 1. The summed E-state index contributed by atoms with van der Waals surface area (Å²) in [4.78, 5) is 17.9. The van der Waals surface area contributed by atoms with Gasteiger partial charge in [0, 0.05) is 50.1 Å². The zero-order chi connectivity index (χ0) is 17.8. The first-order valence-electron chi connectivity index (χ1n) is 9.14. The van der Waals surface area contributed by atoms with E-state index in [-0.39, 0.29) is 0 Å². The van der Waals surface area contributed by atoms with Crippen molar-refractivity contribution < 1.29 is 0 Å². The molecular formula is C19H23ClN6. The third kappa shape index (κ3) is 3.97. The molecule has 0 saturated carbocycles. The van der Waals surface area contributed by atoms with Crippen LogP contribution < -0.4 is 4.90 Å². The molecule has 136 valence electrons. The summed E-state index contributed by atoms with van der Waals surface area (Å²) in [5.41, 5.74) is 2.13. The van der Waals surface area contributed by atoms with Gasteiger partial charge in [0.1, 0.15) is 0 Å². The Kier molecular flexibility index (Phi) is 5.32. The lowest BCUT2D eigenvalue weighted by molar-refractivity contribution is 0.250. The Hall–Kier alpha value is -2.18. The second kappa shape index (κ2) is 8.01. The van der Waals surface area contributed by atoms with E-state index in [1.54, 1.807) is 0 Å². The molecule has 2 aromatic heterocycles. The summed E-state index contributed by atoms with van der Waals surface area (Å²) in [5, 5.41) is 0.763. The molecule has 3 aromatic rings. The molecule has 4 rings (SSSR count). The van der Waals surface area contributed by atoms with Gasteiger partial charge in [-0.3, -0.25) is 4.90 Å². The van der Waals surface area contributed by atoms with E-state index < -0.39 is 0 Å². The molecule has 0 amide bonds. The van der Waals surface area contributed by atoms with Gasteiger partial charge in [0.25, 0.3) is 0 Å². The lowest BCUT2D eigenvalue weighted by atomic mass is 10.2. The quantitative estimate of drug-likeness (QED) is 0.624. The van der Waals surface area contributed by atoms with Crippen LogP contribution in [0.1, 0.15) is 12.8 Å². The number of fused-ring (bicyclic) bond motifs is 1. The SMILES string of the molecule is Clc1ccc2ncn(CCCCN3CCN(c4ncccn4)CC3)c2c1. The Morgan fingerprint density at radius 1 is 0.923 bits per heavy atom. The Morgan fingerprint density at radius 3 is 2.50 bits per heavy atom. The first-order valence-corrected chi connectivity index (χ1v) is 9.52.